The van der Waals surface area contributed by atoms with E-state index in [1.54, 1.807) is 47.8 Å². The zero-order valence-corrected chi connectivity index (χ0v) is 18.8. The molecule has 0 aliphatic heterocycles. The molecule has 0 radical (unpaired) electrons. The van der Waals surface area contributed by atoms with Gasteiger partial charge in [0.05, 0.1) is 0 Å². The third-order valence-corrected chi connectivity index (χ3v) is 7.56. The Hall–Kier alpha value is -3.06. The second kappa shape index (κ2) is 10.5. The molecule has 6 nitrogen and oxygen atoms in total. The van der Waals surface area contributed by atoms with E-state index >= 15 is 0 Å². The highest BCUT2D eigenvalue weighted by molar-refractivity contribution is 6.64. The van der Waals surface area contributed by atoms with Gasteiger partial charge in [0.25, 0.3) is 0 Å². The molecule has 29 heavy (non-hydrogen) atoms. The zero-order chi connectivity index (χ0) is 21.4. The van der Waals surface area contributed by atoms with Crippen LogP contribution in [-0.2, 0) is 0 Å². The minimum Gasteiger partial charge on any atom is -0.330 e. The first-order valence-electron chi connectivity index (χ1n) is 9.55. The van der Waals surface area contributed by atoms with E-state index in [9.17, 15) is 9.59 Å². The Kier molecular flexibility index (Phi) is 8.03. The number of amides is 4. The average molecular weight is 411 g/mol. The fourth-order valence-corrected chi connectivity index (χ4v) is 5.24. The summed E-state index contributed by atoms with van der Waals surface area (Å²) in [6, 6.07) is 18.9. The van der Waals surface area contributed by atoms with E-state index in [1.807, 2.05) is 66.4 Å². The Balaban J connectivity index is 1.95. The van der Waals surface area contributed by atoms with Crippen molar-refractivity contribution in [2.75, 3.05) is 50.3 Å². The average Bonchev–Trinajstić information content (AvgIpc) is 2.77. The lowest BCUT2D eigenvalue weighted by molar-refractivity contribution is 0.220. The molecule has 7 heteroatoms. The SMILES string of the molecule is C=C[SiH](CN(C)C(=O)N(C)c1ccccc1)CN(C)C(=O)N(C)c1ccccc1. The molecule has 0 N–H and O–H groups in total. The van der Waals surface area contributed by atoms with Gasteiger partial charge in [-0.2, -0.15) is 0 Å². The summed E-state index contributed by atoms with van der Waals surface area (Å²) < 4.78 is 0. The van der Waals surface area contributed by atoms with Gasteiger partial charge in [-0.05, 0) is 24.3 Å². The van der Waals surface area contributed by atoms with Crippen LogP contribution < -0.4 is 9.80 Å². The highest BCUT2D eigenvalue weighted by atomic mass is 28.3. The van der Waals surface area contributed by atoms with Crippen molar-refractivity contribution in [2.24, 2.45) is 0 Å². The van der Waals surface area contributed by atoms with E-state index in [0.29, 0.717) is 12.3 Å². The van der Waals surface area contributed by atoms with Crippen molar-refractivity contribution >= 4 is 32.2 Å². The molecule has 0 atom stereocenters. The van der Waals surface area contributed by atoms with Crippen molar-refractivity contribution in [1.82, 2.24) is 9.80 Å². The minimum absolute atomic E-state index is 0.0778. The smallest absolute Gasteiger partial charge is 0.323 e. The standard InChI is InChI=1S/C22H30N4O2Si/c1-6-29(17-23(2)21(27)25(4)19-13-9-7-10-14-19)18-24(3)22(28)26(5)20-15-11-8-12-16-20/h6-16,29H,1,17-18H2,2-5H3. The molecular weight excluding hydrogens is 380 g/mol. The van der Waals surface area contributed by atoms with E-state index in [4.69, 9.17) is 0 Å². The minimum atomic E-state index is -1.59. The second-order valence-corrected chi connectivity index (χ2v) is 9.83. The lowest BCUT2D eigenvalue weighted by Gasteiger charge is -2.30. The number of benzene rings is 2. The van der Waals surface area contributed by atoms with Crippen molar-refractivity contribution in [3.05, 3.63) is 72.9 Å². The van der Waals surface area contributed by atoms with E-state index < -0.39 is 8.80 Å². The third-order valence-electron chi connectivity index (χ3n) is 4.86. The van der Waals surface area contributed by atoms with Crippen LogP contribution in [0.2, 0.25) is 0 Å². The Bertz CT molecular complexity index is 751. The maximum Gasteiger partial charge on any atom is 0.323 e. The summed E-state index contributed by atoms with van der Waals surface area (Å²) in [6.45, 7) is 3.95. The van der Waals surface area contributed by atoms with Gasteiger partial charge in [0, 0.05) is 51.9 Å². The van der Waals surface area contributed by atoms with Crippen molar-refractivity contribution in [3.8, 4) is 0 Å². The van der Waals surface area contributed by atoms with Gasteiger partial charge in [-0.1, -0.05) is 36.4 Å². The van der Waals surface area contributed by atoms with Crippen LogP contribution >= 0.6 is 0 Å². The van der Waals surface area contributed by atoms with Crippen molar-refractivity contribution in [2.45, 2.75) is 0 Å². The molecule has 2 aromatic rings. The highest BCUT2D eigenvalue weighted by Crippen LogP contribution is 2.14. The monoisotopic (exact) mass is 410 g/mol. The third kappa shape index (κ3) is 5.96. The van der Waals surface area contributed by atoms with Gasteiger partial charge in [0.2, 0.25) is 0 Å². The number of rotatable bonds is 7. The maximum atomic E-state index is 12.8. The molecule has 154 valence electrons. The lowest BCUT2D eigenvalue weighted by atomic mass is 10.3. The molecule has 0 fully saturated rings. The van der Waals surface area contributed by atoms with Gasteiger partial charge < -0.3 is 9.80 Å². The zero-order valence-electron chi connectivity index (χ0n) is 17.7. The van der Waals surface area contributed by atoms with Gasteiger partial charge in [-0.25, -0.2) is 9.59 Å². The topological polar surface area (TPSA) is 47.1 Å². The van der Waals surface area contributed by atoms with Gasteiger partial charge in [-0.3, -0.25) is 9.80 Å². The summed E-state index contributed by atoms with van der Waals surface area (Å²) in [5, 5.41) is 0. The number of para-hydroxylation sites is 2. The van der Waals surface area contributed by atoms with E-state index in [1.165, 1.54) is 0 Å². The maximum absolute atomic E-state index is 12.8. The molecule has 0 bridgehead atoms. The summed E-state index contributed by atoms with van der Waals surface area (Å²) in [5.41, 5.74) is 3.62. The first kappa shape index (κ1) is 22.2. The van der Waals surface area contributed by atoms with Crippen LogP contribution in [0.25, 0.3) is 0 Å². The molecule has 0 unspecified atom stereocenters. The highest BCUT2D eigenvalue weighted by Gasteiger charge is 2.23. The van der Waals surface area contributed by atoms with E-state index in [0.717, 1.165) is 11.4 Å². The molecule has 4 amide bonds. The quantitative estimate of drug-likeness (QED) is 0.657. The molecule has 2 aromatic carbocycles. The summed E-state index contributed by atoms with van der Waals surface area (Å²) in [6.07, 6.45) is 1.21. The molecule has 0 saturated heterocycles. The molecule has 2 rings (SSSR count). The Labute approximate surface area is 175 Å². The normalized spacial score (nSPS) is 10.4. The Morgan fingerprint density at radius 3 is 1.41 bits per heavy atom. The largest absolute Gasteiger partial charge is 0.330 e. The number of carbonyl (C=O) groups is 2. The van der Waals surface area contributed by atoms with Crippen LogP contribution in [0.5, 0.6) is 0 Å². The van der Waals surface area contributed by atoms with Crippen LogP contribution in [0.4, 0.5) is 21.0 Å². The summed E-state index contributed by atoms with van der Waals surface area (Å²) >= 11 is 0. The van der Waals surface area contributed by atoms with Crippen molar-refractivity contribution < 1.29 is 9.59 Å². The fourth-order valence-electron chi connectivity index (χ4n) is 3.10. The number of hydrogen-bond acceptors (Lipinski definition) is 2. The van der Waals surface area contributed by atoms with Crippen LogP contribution in [0, 0.1) is 0 Å². The number of anilines is 2. The van der Waals surface area contributed by atoms with Crippen molar-refractivity contribution in [1.29, 1.82) is 0 Å². The first-order chi connectivity index (χ1) is 13.8. The molecule has 0 aliphatic carbocycles. The fraction of sp³-hybridized carbons (Fsp3) is 0.273. The number of carbonyl (C=O) groups excluding carboxylic acids is 2. The number of hydrogen-bond donors (Lipinski definition) is 0. The molecule has 0 aliphatic rings. The predicted molar refractivity (Wildman–Crippen MR) is 123 cm³/mol. The van der Waals surface area contributed by atoms with E-state index in [-0.39, 0.29) is 12.1 Å². The second-order valence-electron chi connectivity index (χ2n) is 7.11. The summed E-state index contributed by atoms with van der Waals surface area (Å²) in [7, 11) is 5.53. The van der Waals surface area contributed by atoms with Crippen LogP contribution in [-0.4, -0.2) is 71.2 Å². The van der Waals surface area contributed by atoms with Crippen LogP contribution in [0.3, 0.4) is 0 Å². The van der Waals surface area contributed by atoms with Crippen LogP contribution in [0.1, 0.15) is 0 Å². The molecule has 0 saturated carbocycles. The molecular formula is C22H30N4O2Si. The van der Waals surface area contributed by atoms with Crippen LogP contribution in [0.15, 0.2) is 72.9 Å². The van der Waals surface area contributed by atoms with Gasteiger partial charge in [0.1, 0.15) is 8.80 Å². The van der Waals surface area contributed by atoms with E-state index in [2.05, 4.69) is 6.58 Å². The predicted octanol–water partition coefficient (Wildman–Crippen LogP) is 3.39. The van der Waals surface area contributed by atoms with Gasteiger partial charge in [0.15, 0.2) is 0 Å². The molecule has 0 heterocycles. The number of nitrogens with zero attached hydrogens (tertiary/aromatic N) is 4. The first-order valence-corrected chi connectivity index (χ1v) is 11.9. The molecule has 0 aromatic heterocycles. The Morgan fingerprint density at radius 1 is 0.759 bits per heavy atom. The summed E-state index contributed by atoms with van der Waals surface area (Å²) in [4.78, 5) is 32.2. The molecule has 0 spiro atoms. The van der Waals surface area contributed by atoms with Gasteiger partial charge in [-0.15, -0.1) is 12.3 Å². The van der Waals surface area contributed by atoms with Crippen molar-refractivity contribution in [3.63, 3.8) is 0 Å². The lowest BCUT2D eigenvalue weighted by Crippen LogP contribution is -2.49. The number of urea groups is 2. The Morgan fingerprint density at radius 2 is 1.10 bits per heavy atom. The summed E-state index contributed by atoms with van der Waals surface area (Å²) in [5.74, 6) is 0. The van der Waals surface area contributed by atoms with Gasteiger partial charge >= 0.3 is 12.1 Å².